The summed E-state index contributed by atoms with van der Waals surface area (Å²) in [7, 11) is 3.85. The average Bonchev–Trinajstić information content (AvgIpc) is 3.16. The Labute approximate surface area is 350 Å². The Hall–Kier alpha value is -2.24. The Morgan fingerprint density at radius 1 is 0.439 bits per heavy atom. The minimum Gasteiger partial charge on any atom is -0.480 e. The van der Waals surface area contributed by atoms with Gasteiger partial charge in [0.15, 0.2) is 0 Å². The van der Waals surface area contributed by atoms with Gasteiger partial charge in [-0.2, -0.15) is 0 Å². The van der Waals surface area contributed by atoms with E-state index in [-0.39, 0.29) is 45.2 Å². The van der Waals surface area contributed by atoms with Crippen LogP contribution in [-0.4, -0.2) is 123 Å². The van der Waals surface area contributed by atoms with Gasteiger partial charge in [0.1, 0.15) is 0 Å². The largest absolute Gasteiger partial charge is 0.480 e. The standard InChI is InChI=1S/C46H90N4O7/c1-5-7-9-11-13-15-17-19-21-23-25-27-29-31-37-56-45(54)41-49(39-43(51)47-33-34-48(3)4)35-36-50(40-44(52)53)42-46(55)57-38-32-30-28-26-24-22-20-18-16-14-12-10-8-6-2/h5-42H2,1-4H3,(H,47,51)(H,52,53). The van der Waals surface area contributed by atoms with Crippen molar-refractivity contribution in [1.82, 2.24) is 20.0 Å². The second-order valence-electron chi connectivity index (χ2n) is 16.6. The van der Waals surface area contributed by atoms with Gasteiger partial charge in [-0.25, -0.2) is 0 Å². The molecule has 11 nitrogen and oxygen atoms in total. The van der Waals surface area contributed by atoms with Crippen molar-refractivity contribution in [3.63, 3.8) is 0 Å². The number of likely N-dealkylation sites (N-methyl/N-ethyl adjacent to an activating group) is 1. The maximum atomic E-state index is 12.8. The van der Waals surface area contributed by atoms with E-state index in [1.165, 1.54) is 146 Å². The van der Waals surface area contributed by atoms with Crippen LogP contribution in [-0.2, 0) is 28.7 Å². The smallest absolute Gasteiger partial charge is 0.320 e. The molecular formula is C46H90N4O7. The van der Waals surface area contributed by atoms with Crippen LogP contribution in [0.15, 0.2) is 0 Å². The molecule has 0 bridgehead atoms. The summed E-state index contributed by atoms with van der Waals surface area (Å²) in [5.74, 6) is -2.17. The maximum Gasteiger partial charge on any atom is 0.320 e. The molecule has 0 fully saturated rings. The van der Waals surface area contributed by atoms with E-state index in [0.29, 0.717) is 26.3 Å². The zero-order chi connectivity index (χ0) is 42.0. The van der Waals surface area contributed by atoms with E-state index in [4.69, 9.17) is 9.47 Å². The van der Waals surface area contributed by atoms with Gasteiger partial charge in [0, 0.05) is 26.2 Å². The minimum atomic E-state index is -1.06. The number of hydrogen-bond donors (Lipinski definition) is 2. The molecule has 0 aromatic rings. The van der Waals surface area contributed by atoms with Gasteiger partial charge in [-0.15, -0.1) is 0 Å². The third-order valence-electron chi connectivity index (χ3n) is 10.6. The topological polar surface area (TPSA) is 129 Å². The van der Waals surface area contributed by atoms with Gasteiger partial charge >= 0.3 is 17.9 Å². The Morgan fingerprint density at radius 2 is 0.754 bits per heavy atom. The first-order valence-corrected chi connectivity index (χ1v) is 23.6. The molecular weight excluding hydrogens is 721 g/mol. The fraction of sp³-hybridized carbons (Fsp3) is 0.913. The summed E-state index contributed by atoms with van der Waals surface area (Å²) in [5, 5.41) is 12.4. The number of unbranched alkanes of at least 4 members (excludes halogenated alkanes) is 26. The molecule has 0 saturated carbocycles. The number of amides is 1. The number of nitrogens with one attached hydrogen (secondary N) is 1. The molecule has 0 aliphatic carbocycles. The second kappa shape index (κ2) is 41.9. The summed E-state index contributed by atoms with van der Waals surface area (Å²) in [6.07, 6.45) is 35.1. The molecule has 0 aliphatic heterocycles. The van der Waals surface area contributed by atoms with E-state index in [1.54, 1.807) is 4.90 Å². The summed E-state index contributed by atoms with van der Waals surface area (Å²) in [6.45, 7) is 6.08. The van der Waals surface area contributed by atoms with E-state index in [0.717, 1.165) is 38.5 Å². The number of carboxylic acid groups (broad SMARTS) is 1. The molecule has 0 rings (SSSR count). The van der Waals surface area contributed by atoms with E-state index >= 15 is 0 Å². The SMILES string of the molecule is CCCCCCCCCCCCCCCCOC(=O)CN(CCN(CC(=O)NCCN(C)C)CC(=O)OCCCCCCCCCCCCCCCC)CC(=O)O. The van der Waals surface area contributed by atoms with Crippen LogP contribution in [0.25, 0.3) is 0 Å². The van der Waals surface area contributed by atoms with Crippen LogP contribution in [0, 0.1) is 0 Å². The van der Waals surface area contributed by atoms with Crippen LogP contribution in [0.1, 0.15) is 194 Å². The Kier molecular flexibility index (Phi) is 40.3. The fourth-order valence-corrected chi connectivity index (χ4v) is 7.00. The van der Waals surface area contributed by atoms with Gasteiger partial charge in [-0.3, -0.25) is 29.0 Å². The third kappa shape index (κ3) is 41.7. The number of aliphatic carboxylic acids is 1. The predicted octanol–water partition coefficient (Wildman–Crippen LogP) is 9.40. The lowest BCUT2D eigenvalue weighted by Crippen LogP contribution is -2.46. The van der Waals surface area contributed by atoms with E-state index in [9.17, 15) is 24.3 Å². The average molecular weight is 811 g/mol. The number of nitrogens with zero attached hydrogens (tertiary/aromatic N) is 3. The predicted molar refractivity (Wildman–Crippen MR) is 235 cm³/mol. The van der Waals surface area contributed by atoms with Gasteiger partial charge in [0.25, 0.3) is 0 Å². The second-order valence-corrected chi connectivity index (χ2v) is 16.6. The van der Waals surface area contributed by atoms with Gasteiger partial charge in [0.2, 0.25) is 5.91 Å². The van der Waals surface area contributed by atoms with E-state index in [2.05, 4.69) is 19.2 Å². The number of carboxylic acids is 1. The monoisotopic (exact) mass is 811 g/mol. The highest BCUT2D eigenvalue weighted by molar-refractivity contribution is 5.79. The highest BCUT2D eigenvalue weighted by Gasteiger charge is 2.20. The van der Waals surface area contributed by atoms with Crippen LogP contribution in [0.3, 0.4) is 0 Å². The van der Waals surface area contributed by atoms with Crippen molar-refractivity contribution < 1.29 is 33.8 Å². The number of carbonyl (C=O) groups is 4. The van der Waals surface area contributed by atoms with Gasteiger partial charge in [-0.05, 0) is 26.9 Å². The first-order valence-electron chi connectivity index (χ1n) is 23.6. The molecule has 336 valence electrons. The molecule has 0 aliphatic rings. The van der Waals surface area contributed by atoms with Crippen LogP contribution < -0.4 is 5.32 Å². The molecule has 1 amide bonds. The molecule has 2 N–H and O–H groups in total. The molecule has 0 aromatic carbocycles. The molecule has 0 radical (unpaired) electrons. The number of rotatable bonds is 44. The molecule has 0 heterocycles. The number of hydrogen-bond acceptors (Lipinski definition) is 9. The summed E-state index contributed by atoms with van der Waals surface area (Å²) in [6, 6.07) is 0. The lowest BCUT2D eigenvalue weighted by atomic mass is 10.0. The quantitative estimate of drug-likeness (QED) is 0.0454. The van der Waals surface area contributed by atoms with Crippen LogP contribution in [0.2, 0.25) is 0 Å². The van der Waals surface area contributed by atoms with Gasteiger partial charge in [-0.1, -0.05) is 181 Å². The molecule has 57 heavy (non-hydrogen) atoms. The van der Waals surface area contributed by atoms with Crippen molar-refractivity contribution in [3.05, 3.63) is 0 Å². The van der Waals surface area contributed by atoms with E-state index in [1.807, 2.05) is 19.0 Å². The van der Waals surface area contributed by atoms with Crippen molar-refractivity contribution in [2.24, 2.45) is 0 Å². The number of esters is 2. The fourth-order valence-electron chi connectivity index (χ4n) is 7.00. The third-order valence-corrected chi connectivity index (χ3v) is 10.6. The molecule has 11 heteroatoms. The zero-order valence-electron chi connectivity index (χ0n) is 37.6. The van der Waals surface area contributed by atoms with E-state index < -0.39 is 17.9 Å². The van der Waals surface area contributed by atoms with Crippen LogP contribution in [0.4, 0.5) is 0 Å². The highest BCUT2D eigenvalue weighted by Crippen LogP contribution is 2.14. The Balaban J connectivity index is 4.48. The first-order chi connectivity index (χ1) is 27.7. The summed E-state index contributed by atoms with van der Waals surface area (Å²) >= 11 is 0. The first kappa shape index (κ1) is 54.8. The summed E-state index contributed by atoms with van der Waals surface area (Å²) in [4.78, 5) is 55.0. The van der Waals surface area contributed by atoms with Gasteiger partial charge in [0.05, 0.1) is 39.4 Å². The lowest BCUT2D eigenvalue weighted by molar-refractivity contribution is -0.148. The molecule has 0 saturated heterocycles. The van der Waals surface area contributed by atoms with Crippen molar-refractivity contribution in [2.45, 2.75) is 194 Å². The normalized spacial score (nSPS) is 11.5. The van der Waals surface area contributed by atoms with Crippen molar-refractivity contribution in [1.29, 1.82) is 0 Å². The van der Waals surface area contributed by atoms with Crippen LogP contribution >= 0.6 is 0 Å². The minimum absolute atomic E-state index is 0.0358. The van der Waals surface area contributed by atoms with Crippen molar-refractivity contribution >= 4 is 23.8 Å². The van der Waals surface area contributed by atoms with Crippen LogP contribution in [0.5, 0.6) is 0 Å². The van der Waals surface area contributed by atoms with Gasteiger partial charge < -0.3 is 24.8 Å². The zero-order valence-corrected chi connectivity index (χ0v) is 37.6. The lowest BCUT2D eigenvalue weighted by Gasteiger charge is -2.25. The summed E-state index contributed by atoms with van der Waals surface area (Å²) < 4.78 is 11.0. The van der Waals surface area contributed by atoms with Crippen molar-refractivity contribution in [2.75, 3.05) is 79.7 Å². The Morgan fingerprint density at radius 3 is 1.07 bits per heavy atom. The van der Waals surface area contributed by atoms with Crippen molar-refractivity contribution in [3.8, 4) is 0 Å². The number of ether oxygens (including phenoxy) is 2. The molecule has 0 unspecified atom stereocenters. The maximum absolute atomic E-state index is 12.8. The molecule has 0 spiro atoms. The Bertz CT molecular complexity index is 952. The summed E-state index contributed by atoms with van der Waals surface area (Å²) in [5.41, 5.74) is 0. The molecule has 0 atom stereocenters. The molecule has 0 aromatic heterocycles. The number of carbonyl (C=O) groups excluding carboxylic acids is 3. The highest BCUT2D eigenvalue weighted by atomic mass is 16.5.